The van der Waals surface area contributed by atoms with Crippen molar-refractivity contribution in [1.29, 1.82) is 0 Å². The Morgan fingerprint density at radius 2 is 1.74 bits per heavy atom. The van der Waals surface area contributed by atoms with Gasteiger partial charge in [-0.05, 0) is 25.2 Å². The largest absolute Gasteiger partial charge is 0.469 e. The molecule has 0 saturated heterocycles. The van der Waals surface area contributed by atoms with Gasteiger partial charge in [-0.2, -0.15) is 0 Å². The molecule has 0 heterocycles. The van der Waals surface area contributed by atoms with Crippen molar-refractivity contribution < 1.29 is 24.2 Å². The van der Waals surface area contributed by atoms with E-state index in [1.54, 1.807) is 0 Å². The van der Waals surface area contributed by atoms with Gasteiger partial charge in [-0.25, -0.2) is 0 Å². The van der Waals surface area contributed by atoms with E-state index in [9.17, 15) is 14.7 Å². The van der Waals surface area contributed by atoms with Crippen LogP contribution in [0.25, 0.3) is 0 Å². The topological polar surface area (TPSA) is 72.8 Å². The van der Waals surface area contributed by atoms with Gasteiger partial charge in [-0.1, -0.05) is 18.6 Å². The summed E-state index contributed by atoms with van der Waals surface area (Å²) >= 11 is 0. The number of rotatable bonds is 10. The Morgan fingerprint density at radius 1 is 1.11 bits per heavy atom. The normalized spacial score (nSPS) is 12.4. The highest BCUT2D eigenvalue weighted by Crippen LogP contribution is 2.12. The lowest BCUT2D eigenvalue weighted by molar-refractivity contribution is -0.141. The molecule has 0 saturated carbocycles. The number of carbonyl (C=O) groups is 2. The van der Waals surface area contributed by atoms with E-state index in [0.29, 0.717) is 19.3 Å². The molecule has 19 heavy (non-hydrogen) atoms. The van der Waals surface area contributed by atoms with Crippen LogP contribution in [0.15, 0.2) is 12.2 Å². The van der Waals surface area contributed by atoms with Crippen LogP contribution in [-0.4, -0.2) is 37.9 Å². The molecule has 110 valence electrons. The minimum absolute atomic E-state index is 0.0763. The molecule has 0 aliphatic heterocycles. The fraction of sp³-hybridized carbons (Fsp3) is 0.714. The monoisotopic (exact) mass is 272 g/mol. The van der Waals surface area contributed by atoms with E-state index in [4.69, 9.17) is 0 Å². The van der Waals surface area contributed by atoms with Crippen molar-refractivity contribution in [3.05, 3.63) is 12.2 Å². The summed E-state index contributed by atoms with van der Waals surface area (Å²) in [7, 11) is 2.74. The molecular formula is C14H24O5. The van der Waals surface area contributed by atoms with Gasteiger partial charge in [0.05, 0.1) is 14.2 Å². The summed E-state index contributed by atoms with van der Waals surface area (Å²) in [6.45, 7) is 0.0763. The van der Waals surface area contributed by atoms with Crippen LogP contribution >= 0.6 is 0 Å². The zero-order valence-corrected chi connectivity index (χ0v) is 11.8. The third-order valence-corrected chi connectivity index (χ3v) is 2.82. The summed E-state index contributed by atoms with van der Waals surface area (Å²) < 4.78 is 9.08. The maximum Gasteiger partial charge on any atom is 0.305 e. The summed E-state index contributed by atoms with van der Waals surface area (Å²) in [5.74, 6) is -0.354. The Bertz CT molecular complexity index is 286. The van der Waals surface area contributed by atoms with Gasteiger partial charge in [0, 0.05) is 19.4 Å². The fourth-order valence-corrected chi connectivity index (χ4v) is 1.62. The second-order valence-corrected chi connectivity index (χ2v) is 4.31. The van der Waals surface area contributed by atoms with Crippen LogP contribution < -0.4 is 0 Å². The average molecular weight is 272 g/mol. The molecule has 0 spiro atoms. The van der Waals surface area contributed by atoms with Crippen LogP contribution in [0.5, 0.6) is 0 Å². The molecule has 0 bridgehead atoms. The van der Waals surface area contributed by atoms with Crippen molar-refractivity contribution >= 4 is 11.9 Å². The van der Waals surface area contributed by atoms with Gasteiger partial charge in [0.15, 0.2) is 0 Å². The van der Waals surface area contributed by atoms with Crippen molar-refractivity contribution in [2.75, 3.05) is 20.8 Å². The Hall–Kier alpha value is -1.36. The van der Waals surface area contributed by atoms with Gasteiger partial charge in [-0.15, -0.1) is 0 Å². The molecule has 0 fully saturated rings. The molecule has 0 aromatic heterocycles. The van der Waals surface area contributed by atoms with Gasteiger partial charge in [-0.3, -0.25) is 9.59 Å². The van der Waals surface area contributed by atoms with Crippen LogP contribution in [0, 0.1) is 5.92 Å². The minimum Gasteiger partial charge on any atom is -0.469 e. The Balaban J connectivity index is 3.73. The van der Waals surface area contributed by atoms with Crippen molar-refractivity contribution in [3.63, 3.8) is 0 Å². The number of hydrogen-bond acceptors (Lipinski definition) is 5. The van der Waals surface area contributed by atoms with Crippen LogP contribution in [0.4, 0.5) is 0 Å². The predicted molar refractivity (Wildman–Crippen MR) is 71.4 cm³/mol. The minimum atomic E-state index is -0.233. The number of unbranched alkanes of at least 4 members (excludes halogenated alkanes) is 1. The maximum absolute atomic E-state index is 10.9. The summed E-state index contributed by atoms with van der Waals surface area (Å²) in [6.07, 6.45) is 7.64. The van der Waals surface area contributed by atoms with Gasteiger partial charge in [0.1, 0.15) is 0 Å². The van der Waals surface area contributed by atoms with Crippen molar-refractivity contribution in [2.45, 2.75) is 38.5 Å². The molecule has 0 amide bonds. The van der Waals surface area contributed by atoms with Crippen LogP contribution in [0.3, 0.4) is 0 Å². The van der Waals surface area contributed by atoms with Crippen molar-refractivity contribution in [1.82, 2.24) is 0 Å². The average Bonchev–Trinajstić information content (AvgIpc) is 2.44. The molecular weight excluding hydrogens is 248 g/mol. The highest BCUT2D eigenvalue weighted by Gasteiger charge is 2.05. The van der Waals surface area contributed by atoms with Crippen LogP contribution in [-0.2, 0) is 19.1 Å². The molecule has 5 heteroatoms. The summed E-state index contributed by atoms with van der Waals surface area (Å²) in [6, 6.07) is 0. The zero-order valence-electron chi connectivity index (χ0n) is 11.8. The number of aliphatic hydroxyl groups is 1. The van der Waals surface area contributed by atoms with Gasteiger partial charge < -0.3 is 14.6 Å². The van der Waals surface area contributed by atoms with Crippen LogP contribution in [0.2, 0.25) is 0 Å². The fourth-order valence-electron chi connectivity index (χ4n) is 1.62. The summed E-state index contributed by atoms with van der Waals surface area (Å²) in [4.78, 5) is 21.8. The number of hydrogen-bond donors (Lipinski definition) is 1. The number of carbonyl (C=O) groups excluding carboxylic acids is 2. The molecule has 1 N–H and O–H groups in total. The zero-order chi connectivity index (χ0) is 14.5. The molecule has 5 nitrogen and oxygen atoms in total. The molecule has 0 unspecified atom stereocenters. The first-order valence-electron chi connectivity index (χ1n) is 6.55. The second-order valence-electron chi connectivity index (χ2n) is 4.31. The predicted octanol–water partition coefficient (Wildman–Crippen LogP) is 1.84. The Kier molecular flexibility index (Phi) is 10.9. The first-order valence-corrected chi connectivity index (χ1v) is 6.55. The van der Waals surface area contributed by atoms with Crippen molar-refractivity contribution in [2.24, 2.45) is 5.92 Å². The summed E-state index contributed by atoms with van der Waals surface area (Å²) in [5.41, 5.74) is 0. The lowest BCUT2D eigenvalue weighted by atomic mass is 10.0. The van der Waals surface area contributed by atoms with E-state index in [2.05, 4.69) is 9.47 Å². The molecule has 0 aromatic carbocycles. The Morgan fingerprint density at radius 3 is 2.32 bits per heavy atom. The van der Waals surface area contributed by atoms with Crippen molar-refractivity contribution in [3.8, 4) is 0 Å². The first kappa shape index (κ1) is 17.6. The maximum atomic E-state index is 10.9. The third kappa shape index (κ3) is 10.3. The molecule has 1 atom stereocenters. The van der Waals surface area contributed by atoms with Crippen LogP contribution in [0.1, 0.15) is 38.5 Å². The van der Waals surface area contributed by atoms with E-state index in [0.717, 1.165) is 19.3 Å². The summed E-state index contributed by atoms with van der Waals surface area (Å²) in [5, 5.41) is 9.20. The highest BCUT2D eigenvalue weighted by molar-refractivity contribution is 5.69. The number of aliphatic hydroxyl groups excluding tert-OH is 1. The lowest BCUT2D eigenvalue weighted by Gasteiger charge is -2.08. The quantitative estimate of drug-likeness (QED) is 0.373. The number of ether oxygens (including phenoxy) is 2. The standard InChI is InChI=1S/C14H24O5/c1-18-13(16)9-5-3-7-12(11-15)8-4-6-10-14(17)19-2/h3,7,12,15H,4-6,8-11H2,1-2H3/b7-3+/t12-/m1/s1. The van der Waals surface area contributed by atoms with E-state index in [-0.39, 0.29) is 24.5 Å². The molecule has 0 aliphatic rings. The van der Waals surface area contributed by atoms with E-state index >= 15 is 0 Å². The number of esters is 2. The number of methoxy groups -OCH3 is 2. The molecule has 0 radical (unpaired) electrons. The molecule has 0 aromatic rings. The van der Waals surface area contributed by atoms with Gasteiger partial charge in [0.25, 0.3) is 0 Å². The highest BCUT2D eigenvalue weighted by atomic mass is 16.5. The van der Waals surface area contributed by atoms with Gasteiger partial charge in [0.2, 0.25) is 0 Å². The third-order valence-electron chi connectivity index (χ3n) is 2.82. The second kappa shape index (κ2) is 11.7. The van der Waals surface area contributed by atoms with E-state index < -0.39 is 0 Å². The van der Waals surface area contributed by atoms with Gasteiger partial charge >= 0.3 is 11.9 Å². The molecule has 0 rings (SSSR count). The number of allylic oxidation sites excluding steroid dienone is 1. The van der Waals surface area contributed by atoms with E-state index in [1.807, 2.05) is 12.2 Å². The first-order chi connectivity index (χ1) is 9.13. The molecule has 0 aliphatic carbocycles. The lowest BCUT2D eigenvalue weighted by Crippen LogP contribution is -2.04. The smallest absolute Gasteiger partial charge is 0.305 e. The Labute approximate surface area is 114 Å². The SMILES string of the molecule is COC(=O)CC/C=C/[C@@H](CO)CCCCC(=O)OC. The van der Waals surface area contributed by atoms with E-state index in [1.165, 1.54) is 14.2 Å².